The van der Waals surface area contributed by atoms with E-state index < -0.39 is 0 Å². The summed E-state index contributed by atoms with van der Waals surface area (Å²) >= 11 is 5.68. The van der Waals surface area contributed by atoms with Crippen LogP contribution in [0.4, 0.5) is 0 Å². The topological polar surface area (TPSA) is 30.2 Å². The Morgan fingerprint density at radius 3 is 3.00 bits per heavy atom. The van der Waals surface area contributed by atoms with Crippen LogP contribution in [-0.2, 0) is 11.2 Å². The lowest BCUT2D eigenvalue weighted by Gasteiger charge is -1.93. The van der Waals surface area contributed by atoms with Gasteiger partial charge in [-0.05, 0) is 23.2 Å². The zero-order valence-corrected chi connectivity index (χ0v) is 7.54. The lowest BCUT2D eigenvalue weighted by molar-refractivity contribution is -0.107. The van der Waals surface area contributed by atoms with Crippen molar-refractivity contribution in [2.75, 3.05) is 0 Å². The summed E-state index contributed by atoms with van der Waals surface area (Å²) in [4.78, 5) is 10.3. The first-order chi connectivity index (χ1) is 6.29. The van der Waals surface area contributed by atoms with Gasteiger partial charge in [-0.3, -0.25) is 0 Å². The number of rotatable bonds is 2. The van der Waals surface area contributed by atoms with Gasteiger partial charge in [-0.15, -0.1) is 0 Å². The maximum absolute atomic E-state index is 10.3. The molecule has 0 radical (unpaired) electrons. The Kier molecular flexibility index (Phi) is 2.07. The van der Waals surface area contributed by atoms with Crippen LogP contribution in [0.3, 0.4) is 0 Å². The van der Waals surface area contributed by atoms with Crippen LogP contribution < -0.4 is 0 Å². The summed E-state index contributed by atoms with van der Waals surface area (Å²) in [5.74, 6) is 0. The summed E-state index contributed by atoms with van der Waals surface area (Å²) < 4.78 is 5.20. The predicted octanol–water partition coefficient (Wildman–Crippen LogP) is 2.83. The number of carbonyl (C=O) groups excluding carboxylic acids is 1. The molecule has 0 unspecified atom stereocenters. The number of hydrogen-bond donors (Lipinski definition) is 0. The highest BCUT2D eigenvalue weighted by molar-refractivity contribution is 6.29. The van der Waals surface area contributed by atoms with E-state index in [2.05, 4.69) is 0 Å². The first kappa shape index (κ1) is 8.32. The average molecular weight is 195 g/mol. The van der Waals surface area contributed by atoms with Crippen molar-refractivity contribution in [2.24, 2.45) is 0 Å². The molecule has 0 saturated heterocycles. The number of benzene rings is 1. The van der Waals surface area contributed by atoms with Gasteiger partial charge in [0.1, 0.15) is 11.9 Å². The van der Waals surface area contributed by atoms with E-state index in [1.165, 1.54) is 0 Å². The molecular weight excluding hydrogens is 188 g/mol. The summed E-state index contributed by atoms with van der Waals surface area (Å²) in [5.41, 5.74) is 1.66. The molecule has 0 N–H and O–H groups in total. The molecule has 0 amide bonds. The minimum Gasteiger partial charge on any atom is -0.445 e. The number of hydrogen-bond acceptors (Lipinski definition) is 2. The fourth-order valence-electron chi connectivity index (χ4n) is 1.27. The monoisotopic (exact) mass is 194 g/mol. The number of fused-ring (bicyclic) bond motifs is 1. The molecule has 0 atom stereocenters. The highest BCUT2D eigenvalue weighted by atomic mass is 35.5. The van der Waals surface area contributed by atoms with Gasteiger partial charge in [0.05, 0.1) is 0 Å². The van der Waals surface area contributed by atoms with Crippen molar-refractivity contribution in [3.63, 3.8) is 0 Å². The third kappa shape index (κ3) is 1.58. The van der Waals surface area contributed by atoms with Crippen LogP contribution in [-0.4, -0.2) is 6.29 Å². The van der Waals surface area contributed by atoms with Gasteiger partial charge in [0.25, 0.3) is 0 Å². The van der Waals surface area contributed by atoms with Crippen molar-refractivity contribution in [2.45, 2.75) is 6.42 Å². The van der Waals surface area contributed by atoms with Crippen molar-refractivity contribution < 1.29 is 9.21 Å². The third-order valence-corrected chi connectivity index (χ3v) is 2.06. The maximum Gasteiger partial charge on any atom is 0.194 e. The number of carbonyl (C=O) groups is 1. The minimum atomic E-state index is 0.373. The fourth-order valence-corrected chi connectivity index (χ4v) is 1.47. The van der Waals surface area contributed by atoms with Gasteiger partial charge < -0.3 is 9.21 Å². The Balaban J connectivity index is 2.54. The van der Waals surface area contributed by atoms with E-state index in [0.717, 1.165) is 22.8 Å². The lowest BCUT2D eigenvalue weighted by atomic mass is 10.1. The van der Waals surface area contributed by atoms with E-state index in [4.69, 9.17) is 16.0 Å². The van der Waals surface area contributed by atoms with Crippen LogP contribution in [0.15, 0.2) is 28.7 Å². The Morgan fingerprint density at radius 1 is 1.38 bits per heavy atom. The van der Waals surface area contributed by atoms with Crippen LogP contribution in [0.1, 0.15) is 5.56 Å². The summed E-state index contributed by atoms with van der Waals surface area (Å²) in [6.45, 7) is 0. The molecule has 2 nitrogen and oxygen atoms in total. The standard InChI is InChI=1S/C10H7ClO2/c11-10-6-8-2-1-7(3-4-12)5-9(8)13-10/h1-2,4-6H,3H2. The Labute approximate surface area is 80.1 Å². The van der Waals surface area contributed by atoms with E-state index >= 15 is 0 Å². The van der Waals surface area contributed by atoms with Crippen LogP contribution >= 0.6 is 11.6 Å². The molecule has 13 heavy (non-hydrogen) atoms. The predicted molar refractivity (Wildman–Crippen MR) is 51.0 cm³/mol. The van der Waals surface area contributed by atoms with Gasteiger partial charge in [0.2, 0.25) is 0 Å². The van der Waals surface area contributed by atoms with Crippen molar-refractivity contribution in [3.8, 4) is 0 Å². The highest BCUT2D eigenvalue weighted by Gasteiger charge is 2.01. The van der Waals surface area contributed by atoms with Crippen LogP contribution in [0.5, 0.6) is 0 Å². The Morgan fingerprint density at radius 2 is 2.23 bits per heavy atom. The molecule has 0 fully saturated rings. The first-order valence-corrected chi connectivity index (χ1v) is 4.29. The molecule has 0 saturated carbocycles. The number of furan rings is 1. The van der Waals surface area contributed by atoms with Gasteiger partial charge in [-0.25, -0.2) is 0 Å². The molecule has 1 aromatic heterocycles. The molecule has 0 aliphatic rings. The molecule has 0 spiro atoms. The minimum absolute atomic E-state index is 0.373. The molecule has 66 valence electrons. The molecule has 1 aromatic carbocycles. The second-order valence-electron chi connectivity index (χ2n) is 2.79. The van der Waals surface area contributed by atoms with Gasteiger partial charge >= 0.3 is 0 Å². The van der Waals surface area contributed by atoms with Crippen LogP contribution in [0.25, 0.3) is 11.0 Å². The summed E-state index contributed by atoms with van der Waals surface area (Å²) in [5, 5.41) is 1.33. The second-order valence-corrected chi connectivity index (χ2v) is 3.17. The van der Waals surface area contributed by atoms with E-state index in [-0.39, 0.29) is 0 Å². The summed E-state index contributed by atoms with van der Waals surface area (Å²) in [6.07, 6.45) is 1.28. The smallest absolute Gasteiger partial charge is 0.194 e. The van der Waals surface area contributed by atoms with Crippen molar-refractivity contribution in [1.82, 2.24) is 0 Å². The normalized spacial score (nSPS) is 10.5. The molecule has 0 bridgehead atoms. The van der Waals surface area contributed by atoms with Gasteiger partial charge in [0, 0.05) is 17.9 Å². The van der Waals surface area contributed by atoms with Crippen molar-refractivity contribution in [3.05, 3.63) is 35.0 Å². The first-order valence-electron chi connectivity index (χ1n) is 3.91. The van der Waals surface area contributed by atoms with Gasteiger partial charge in [-0.1, -0.05) is 12.1 Å². The molecule has 1 heterocycles. The van der Waals surface area contributed by atoms with Crippen LogP contribution in [0, 0.1) is 0 Å². The largest absolute Gasteiger partial charge is 0.445 e. The van der Waals surface area contributed by atoms with E-state index in [9.17, 15) is 4.79 Å². The molecule has 2 aromatic rings. The maximum atomic E-state index is 10.3. The zero-order valence-electron chi connectivity index (χ0n) is 6.79. The van der Waals surface area contributed by atoms with E-state index in [1.807, 2.05) is 18.2 Å². The second kappa shape index (κ2) is 3.23. The zero-order chi connectivity index (χ0) is 9.26. The average Bonchev–Trinajstić information content (AvgIpc) is 2.44. The van der Waals surface area contributed by atoms with E-state index in [1.54, 1.807) is 6.07 Å². The summed E-state index contributed by atoms with van der Waals surface area (Å²) in [7, 11) is 0. The molecule has 3 heteroatoms. The SMILES string of the molecule is O=CCc1ccc2cc(Cl)oc2c1. The molecule has 0 aliphatic heterocycles. The Bertz CT molecular complexity index is 445. The number of aldehydes is 1. The lowest BCUT2D eigenvalue weighted by Crippen LogP contribution is -1.83. The van der Waals surface area contributed by atoms with Crippen LogP contribution in [0.2, 0.25) is 5.22 Å². The van der Waals surface area contributed by atoms with Crippen molar-refractivity contribution in [1.29, 1.82) is 0 Å². The third-order valence-electron chi connectivity index (χ3n) is 1.87. The van der Waals surface area contributed by atoms with Gasteiger partial charge in [-0.2, -0.15) is 0 Å². The molecule has 2 rings (SSSR count). The van der Waals surface area contributed by atoms with Gasteiger partial charge in [0.15, 0.2) is 5.22 Å². The Hall–Kier alpha value is -1.28. The van der Waals surface area contributed by atoms with E-state index in [0.29, 0.717) is 11.6 Å². The molecular formula is C10H7ClO2. The number of halogens is 1. The molecule has 0 aliphatic carbocycles. The fraction of sp³-hybridized carbons (Fsp3) is 0.100. The van der Waals surface area contributed by atoms with Crippen molar-refractivity contribution >= 4 is 28.9 Å². The highest BCUT2D eigenvalue weighted by Crippen LogP contribution is 2.23. The quantitative estimate of drug-likeness (QED) is 0.689. The summed E-state index contributed by atoms with van der Waals surface area (Å²) in [6, 6.07) is 7.36.